The third kappa shape index (κ3) is 1.99. The van der Waals surface area contributed by atoms with Crippen LogP contribution in [0.2, 0.25) is 0 Å². The van der Waals surface area contributed by atoms with E-state index in [0.717, 1.165) is 27.9 Å². The van der Waals surface area contributed by atoms with Crippen LogP contribution in [-0.2, 0) is 0 Å². The molecule has 98 valence electrons. The highest BCUT2D eigenvalue weighted by Crippen LogP contribution is 2.26. The van der Waals surface area contributed by atoms with Gasteiger partial charge < -0.3 is 4.98 Å². The number of imidazole rings is 1. The summed E-state index contributed by atoms with van der Waals surface area (Å²) in [4.78, 5) is 12.6. The molecule has 0 spiro atoms. The lowest BCUT2D eigenvalue weighted by molar-refractivity contribution is 0.799. The molecule has 0 fully saturated rings. The summed E-state index contributed by atoms with van der Waals surface area (Å²) in [5.74, 6) is 1.90. The second-order valence-corrected chi connectivity index (χ2v) is 5.72. The van der Waals surface area contributed by atoms with E-state index in [1.807, 2.05) is 6.20 Å². The molecule has 0 atom stereocenters. The fourth-order valence-corrected chi connectivity index (χ4v) is 2.32. The molecular weight excluding hydrogens is 234 g/mol. The van der Waals surface area contributed by atoms with E-state index >= 15 is 0 Å². The largest absolute Gasteiger partial charge is 0.341 e. The molecule has 1 N–H and O–H groups in total. The maximum Gasteiger partial charge on any atom is 0.109 e. The van der Waals surface area contributed by atoms with Gasteiger partial charge in [-0.2, -0.15) is 0 Å². The third-order valence-electron chi connectivity index (χ3n) is 3.54. The lowest BCUT2D eigenvalue weighted by Crippen LogP contribution is -1.92. The minimum absolute atomic E-state index is 0.408. The van der Waals surface area contributed by atoms with Crippen molar-refractivity contribution < 1.29 is 0 Å². The first-order chi connectivity index (χ1) is 9.06. The highest BCUT2D eigenvalue weighted by atomic mass is 14.9. The molecule has 0 aliphatic rings. The van der Waals surface area contributed by atoms with Crippen molar-refractivity contribution in [2.45, 2.75) is 39.5 Å². The number of rotatable bonds is 2. The van der Waals surface area contributed by atoms with Crippen LogP contribution in [0.1, 0.15) is 51.0 Å². The predicted octanol–water partition coefficient (Wildman–Crippen LogP) is 4.36. The quantitative estimate of drug-likeness (QED) is 0.737. The number of benzene rings is 1. The molecular formula is C16H19N3. The van der Waals surface area contributed by atoms with Crippen LogP contribution in [-0.4, -0.2) is 15.0 Å². The van der Waals surface area contributed by atoms with Crippen LogP contribution in [0.15, 0.2) is 24.4 Å². The topological polar surface area (TPSA) is 41.6 Å². The van der Waals surface area contributed by atoms with Crippen LogP contribution in [0.25, 0.3) is 21.8 Å². The smallest absolute Gasteiger partial charge is 0.109 e. The molecule has 2 aromatic heterocycles. The van der Waals surface area contributed by atoms with E-state index in [9.17, 15) is 0 Å². The fraction of sp³-hybridized carbons (Fsp3) is 0.375. The van der Waals surface area contributed by atoms with Crippen molar-refractivity contribution in [1.82, 2.24) is 15.0 Å². The molecule has 0 bridgehead atoms. The molecule has 19 heavy (non-hydrogen) atoms. The van der Waals surface area contributed by atoms with Gasteiger partial charge in [-0.1, -0.05) is 33.8 Å². The molecule has 0 amide bonds. The van der Waals surface area contributed by atoms with Gasteiger partial charge in [0, 0.05) is 23.2 Å². The van der Waals surface area contributed by atoms with E-state index < -0.39 is 0 Å². The minimum atomic E-state index is 0.408. The monoisotopic (exact) mass is 253 g/mol. The van der Waals surface area contributed by atoms with Gasteiger partial charge in [-0.05, 0) is 23.4 Å². The zero-order valence-electron chi connectivity index (χ0n) is 11.9. The Hall–Kier alpha value is -1.90. The lowest BCUT2D eigenvalue weighted by atomic mass is 10.1. The van der Waals surface area contributed by atoms with Gasteiger partial charge in [0.15, 0.2) is 0 Å². The number of H-pyrrole nitrogens is 1. The SMILES string of the molecule is CC(C)c1cc2ccc3nc(C(C)C)[nH]c3c2cn1. The molecule has 0 radical (unpaired) electrons. The summed E-state index contributed by atoms with van der Waals surface area (Å²) >= 11 is 0. The first kappa shape index (κ1) is 12.2. The lowest BCUT2D eigenvalue weighted by Gasteiger charge is -2.06. The number of nitrogens with one attached hydrogen (secondary N) is 1. The summed E-state index contributed by atoms with van der Waals surface area (Å²) in [6.07, 6.45) is 1.97. The highest BCUT2D eigenvalue weighted by molar-refractivity contribution is 6.03. The van der Waals surface area contributed by atoms with Crippen LogP contribution < -0.4 is 0 Å². The van der Waals surface area contributed by atoms with Crippen molar-refractivity contribution in [1.29, 1.82) is 0 Å². The molecule has 2 heterocycles. The summed E-state index contributed by atoms with van der Waals surface area (Å²) in [6.45, 7) is 8.63. The van der Waals surface area contributed by atoms with Crippen LogP contribution in [0, 0.1) is 0 Å². The number of pyridine rings is 1. The van der Waals surface area contributed by atoms with Gasteiger partial charge in [0.2, 0.25) is 0 Å². The van der Waals surface area contributed by atoms with Crippen molar-refractivity contribution in [2.24, 2.45) is 0 Å². The summed E-state index contributed by atoms with van der Waals surface area (Å²) < 4.78 is 0. The Balaban J connectivity index is 2.28. The minimum Gasteiger partial charge on any atom is -0.341 e. The number of aromatic nitrogens is 3. The standard InChI is InChI=1S/C16H19N3/c1-9(2)14-7-11-5-6-13-15(12(11)8-17-14)19-16(18-13)10(3)4/h5-10H,1-4H3,(H,18,19). The van der Waals surface area contributed by atoms with Crippen molar-refractivity contribution >= 4 is 21.8 Å². The number of aromatic amines is 1. The Morgan fingerprint density at radius 2 is 1.84 bits per heavy atom. The maximum absolute atomic E-state index is 4.64. The van der Waals surface area contributed by atoms with E-state index in [0.29, 0.717) is 11.8 Å². The predicted molar refractivity (Wildman–Crippen MR) is 79.6 cm³/mol. The van der Waals surface area contributed by atoms with Gasteiger partial charge in [0.05, 0.1) is 11.0 Å². The molecule has 0 saturated carbocycles. The average molecular weight is 253 g/mol. The van der Waals surface area contributed by atoms with Gasteiger partial charge in [0.25, 0.3) is 0 Å². The fourth-order valence-electron chi connectivity index (χ4n) is 2.32. The van der Waals surface area contributed by atoms with Crippen LogP contribution in [0.4, 0.5) is 0 Å². The number of hydrogen-bond donors (Lipinski definition) is 1. The van der Waals surface area contributed by atoms with E-state index in [1.165, 1.54) is 5.39 Å². The van der Waals surface area contributed by atoms with E-state index in [1.54, 1.807) is 0 Å². The van der Waals surface area contributed by atoms with Crippen LogP contribution >= 0.6 is 0 Å². The summed E-state index contributed by atoms with van der Waals surface area (Å²) in [5, 5.41) is 2.38. The van der Waals surface area contributed by atoms with Gasteiger partial charge in [0.1, 0.15) is 5.82 Å². The van der Waals surface area contributed by atoms with Crippen molar-refractivity contribution in [3.8, 4) is 0 Å². The van der Waals surface area contributed by atoms with E-state index in [-0.39, 0.29) is 0 Å². The summed E-state index contributed by atoms with van der Waals surface area (Å²) in [6, 6.07) is 6.40. The Kier molecular flexibility index (Phi) is 2.77. The van der Waals surface area contributed by atoms with Crippen LogP contribution in [0.5, 0.6) is 0 Å². The second-order valence-electron chi connectivity index (χ2n) is 5.72. The number of nitrogens with zero attached hydrogens (tertiary/aromatic N) is 2. The van der Waals surface area contributed by atoms with Crippen molar-refractivity contribution in [2.75, 3.05) is 0 Å². The van der Waals surface area contributed by atoms with E-state index in [2.05, 4.69) is 60.8 Å². The number of fused-ring (bicyclic) bond motifs is 3. The van der Waals surface area contributed by atoms with Crippen molar-refractivity contribution in [3.05, 3.63) is 35.9 Å². The summed E-state index contributed by atoms with van der Waals surface area (Å²) in [5.41, 5.74) is 3.26. The zero-order chi connectivity index (χ0) is 13.6. The Bertz CT molecular complexity index is 738. The molecule has 0 aliphatic heterocycles. The molecule has 0 unspecified atom stereocenters. The number of hydrogen-bond acceptors (Lipinski definition) is 2. The van der Waals surface area contributed by atoms with Gasteiger partial charge in [-0.25, -0.2) is 4.98 Å². The molecule has 1 aromatic carbocycles. The Morgan fingerprint density at radius 1 is 1.05 bits per heavy atom. The van der Waals surface area contributed by atoms with E-state index in [4.69, 9.17) is 0 Å². The first-order valence-electron chi connectivity index (χ1n) is 6.84. The molecule has 3 nitrogen and oxygen atoms in total. The summed E-state index contributed by atoms with van der Waals surface area (Å²) in [7, 11) is 0. The second kappa shape index (κ2) is 4.34. The molecule has 3 aromatic rings. The first-order valence-corrected chi connectivity index (χ1v) is 6.84. The normalized spacial score (nSPS) is 12.1. The van der Waals surface area contributed by atoms with Gasteiger partial charge >= 0.3 is 0 Å². The van der Waals surface area contributed by atoms with Crippen LogP contribution in [0.3, 0.4) is 0 Å². The molecule has 3 rings (SSSR count). The molecule has 0 saturated heterocycles. The van der Waals surface area contributed by atoms with Gasteiger partial charge in [-0.15, -0.1) is 0 Å². The highest BCUT2D eigenvalue weighted by Gasteiger charge is 2.10. The third-order valence-corrected chi connectivity index (χ3v) is 3.54. The van der Waals surface area contributed by atoms with Crippen molar-refractivity contribution in [3.63, 3.8) is 0 Å². The van der Waals surface area contributed by atoms with Gasteiger partial charge in [-0.3, -0.25) is 4.98 Å². The average Bonchev–Trinajstić information content (AvgIpc) is 2.82. The molecule has 3 heteroatoms. The zero-order valence-corrected chi connectivity index (χ0v) is 11.9. The Labute approximate surface area is 113 Å². The molecule has 0 aliphatic carbocycles. The Morgan fingerprint density at radius 3 is 2.53 bits per heavy atom. The maximum atomic E-state index is 4.64.